The summed E-state index contributed by atoms with van der Waals surface area (Å²) in [7, 11) is -1.87. The highest BCUT2D eigenvalue weighted by Crippen LogP contribution is 2.27. The fourth-order valence-electron chi connectivity index (χ4n) is 0.894. The topological polar surface area (TPSA) is 72.5 Å². The first-order valence-electron chi connectivity index (χ1n) is 4.11. The molecule has 0 bridgehead atoms. The van der Waals surface area contributed by atoms with Crippen LogP contribution in [0.2, 0.25) is 0 Å². The molecular weight excluding hydrogens is 194 g/mol. The molecule has 0 aromatic rings. The van der Waals surface area contributed by atoms with Gasteiger partial charge in [0.25, 0.3) is 0 Å². The Kier molecular flexibility index (Phi) is 3.27. The van der Waals surface area contributed by atoms with E-state index >= 15 is 0 Å². The van der Waals surface area contributed by atoms with E-state index in [1.54, 1.807) is 0 Å². The van der Waals surface area contributed by atoms with Crippen LogP contribution in [0.25, 0.3) is 0 Å². The van der Waals surface area contributed by atoms with Crippen molar-refractivity contribution in [3.63, 3.8) is 0 Å². The van der Waals surface area contributed by atoms with Gasteiger partial charge in [-0.3, -0.25) is 4.79 Å². The Morgan fingerprint density at radius 3 is 2.62 bits per heavy atom. The van der Waals surface area contributed by atoms with E-state index in [1.807, 2.05) is 0 Å². The number of hydrogen-bond acceptors (Lipinski definition) is 4. The van der Waals surface area contributed by atoms with E-state index in [0.29, 0.717) is 0 Å². The predicted octanol–water partition coefficient (Wildman–Crippen LogP) is -0.369. The predicted molar refractivity (Wildman–Crippen MR) is 46.6 cm³/mol. The SMILES string of the molecule is COC(=O)CCNS(=O)(=O)C1CC1. The van der Waals surface area contributed by atoms with Gasteiger partial charge in [-0.15, -0.1) is 0 Å². The number of ether oxygens (including phenoxy) is 1. The molecule has 1 N–H and O–H groups in total. The summed E-state index contributed by atoms with van der Waals surface area (Å²) in [4.78, 5) is 10.6. The van der Waals surface area contributed by atoms with Gasteiger partial charge in [0.05, 0.1) is 18.8 Å². The molecule has 0 aromatic carbocycles. The second kappa shape index (κ2) is 4.06. The van der Waals surface area contributed by atoms with Gasteiger partial charge >= 0.3 is 5.97 Å². The first kappa shape index (κ1) is 10.5. The van der Waals surface area contributed by atoms with E-state index in [4.69, 9.17) is 0 Å². The van der Waals surface area contributed by atoms with Gasteiger partial charge < -0.3 is 4.74 Å². The summed E-state index contributed by atoms with van der Waals surface area (Å²) in [6.45, 7) is 0.130. The van der Waals surface area contributed by atoms with Gasteiger partial charge in [0.1, 0.15) is 0 Å². The van der Waals surface area contributed by atoms with Crippen LogP contribution in [-0.4, -0.2) is 33.3 Å². The Balaban J connectivity index is 2.22. The third-order valence-corrected chi connectivity index (χ3v) is 3.78. The van der Waals surface area contributed by atoms with Crippen LogP contribution in [0, 0.1) is 0 Å². The highest BCUT2D eigenvalue weighted by molar-refractivity contribution is 7.90. The van der Waals surface area contributed by atoms with Crippen molar-refractivity contribution in [2.24, 2.45) is 0 Å². The largest absolute Gasteiger partial charge is 0.469 e. The van der Waals surface area contributed by atoms with Crippen molar-refractivity contribution in [3.05, 3.63) is 0 Å². The quantitative estimate of drug-likeness (QED) is 0.624. The van der Waals surface area contributed by atoms with Gasteiger partial charge in [-0.1, -0.05) is 0 Å². The number of carbonyl (C=O) groups excluding carboxylic acids is 1. The summed E-state index contributed by atoms with van der Waals surface area (Å²) in [6.07, 6.45) is 1.55. The number of methoxy groups -OCH3 is 1. The summed E-state index contributed by atoms with van der Waals surface area (Å²) in [5.41, 5.74) is 0. The monoisotopic (exact) mass is 207 g/mol. The van der Waals surface area contributed by atoms with E-state index in [0.717, 1.165) is 12.8 Å². The van der Waals surface area contributed by atoms with E-state index < -0.39 is 16.0 Å². The molecule has 1 fully saturated rings. The van der Waals surface area contributed by atoms with Gasteiger partial charge in [0.2, 0.25) is 10.0 Å². The minimum absolute atomic E-state index is 0.0858. The molecule has 76 valence electrons. The fraction of sp³-hybridized carbons (Fsp3) is 0.857. The molecule has 0 aromatic heterocycles. The van der Waals surface area contributed by atoms with Crippen LogP contribution < -0.4 is 4.72 Å². The maximum absolute atomic E-state index is 11.2. The number of esters is 1. The molecule has 6 heteroatoms. The molecule has 0 atom stereocenters. The molecule has 1 saturated carbocycles. The van der Waals surface area contributed by atoms with Gasteiger partial charge in [0, 0.05) is 6.54 Å². The second-order valence-electron chi connectivity index (χ2n) is 2.96. The maximum Gasteiger partial charge on any atom is 0.306 e. The minimum atomic E-state index is -3.15. The normalized spacial score (nSPS) is 17.0. The molecule has 0 radical (unpaired) electrons. The zero-order chi connectivity index (χ0) is 9.90. The summed E-state index contributed by atoms with van der Waals surface area (Å²) in [5, 5.41) is -0.231. The van der Waals surface area contributed by atoms with Crippen molar-refractivity contribution in [1.29, 1.82) is 0 Å². The Morgan fingerprint density at radius 2 is 2.15 bits per heavy atom. The first-order valence-corrected chi connectivity index (χ1v) is 5.66. The average Bonchev–Trinajstić information content (AvgIpc) is 2.85. The van der Waals surface area contributed by atoms with Crippen molar-refractivity contribution >= 4 is 16.0 Å². The van der Waals surface area contributed by atoms with Crippen molar-refractivity contribution < 1.29 is 17.9 Å². The third kappa shape index (κ3) is 3.31. The lowest BCUT2D eigenvalue weighted by atomic mass is 10.4. The second-order valence-corrected chi connectivity index (χ2v) is 5.01. The van der Waals surface area contributed by atoms with Crippen molar-refractivity contribution in [2.45, 2.75) is 24.5 Å². The number of sulfonamides is 1. The summed E-state index contributed by atoms with van der Waals surface area (Å²) < 4.78 is 29.1. The fourth-order valence-corrected chi connectivity index (χ4v) is 2.27. The van der Waals surface area contributed by atoms with E-state index in [1.165, 1.54) is 7.11 Å². The van der Waals surface area contributed by atoms with Crippen LogP contribution in [-0.2, 0) is 19.6 Å². The molecule has 5 nitrogen and oxygen atoms in total. The minimum Gasteiger partial charge on any atom is -0.469 e. The molecule has 0 spiro atoms. The molecule has 0 unspecified atom stereocenters. The van der Waals surface area contributed by atoms with Crippen LogP contribution in [0.5, 0.6) is 0 Å². The zero-order valence-corrected chi connectivity index (χ0v) is 8.26. The molecule has 1 aliphatic carbocycles. The van der Waals surface area contributed by atoms with E-state index in [9.17, 15) is 13.2 Å². The molecular formula is C7H13NO4S. The Labute approximate surface area is 77.5 Å². The Bertz CT molecular complexity index is 281. The van der Waals surface area contributed by atoms with Crippen molar-refractivity contribution in [2.75, 3.05) is 13.7 Å². The number of hydrogen-bond donors (Lipinski definition) is 1. The van der Waals surface area contributed by atoms with Crippen LogP contribution in [0.15, 0.2) is 0 Å². The van der Waals surface area contributed by atoms with Crippen molar-refractivity contribution in [1.82, 2.24) is 4.72 Å². The molecule has 0 amide bonds. The number of rotatable bonds is 5. The van der Waals surface area contributed by atoms with E-state index in [-0.39, 0.29) is 18.2 Å². The molecule has 1 rings (SSSR count). The Hall–Kier alpha value is -0.620. The molecule has 13 heavy (non-hydrogen) atoms. The van der Waals surface area contributed by atoms with Crippen LogP contribution in [0.4, 0.5) is 0 Å². The molecule has 0 aliphatic heterocycles. The molecule has 1 aliphatic rings. The van der Waals surface area contributed by atoms with Crippen LogP contribution in [0.3, 0.4) is 0 Å². The third-order valence-electron chi connectivity index (χ3n) is 1.82. The lowest BCUT2D eigenvalue weighted by Gasteiger charge is -2.03. The lowest BCUT2D eigenvalue weighted by Crippen LogP contribution is -2.29. The highest BCUT2D eigenvalue weighted by atomic mass is 32.2. The Morgan fingerprint density at radius 1 is 1.54 bits per heavy atom. The number of carbonyl (C=O) groups is 1. The zero-order valence-electron chi connectivity index (χ0n) is 7.45. The average molecular weight is 207 g/mol. The smallest absolute Gasteiger partial charge is 0.306 e. The molecule has 0 saturated heterocycles. The van der Waals surface area contributed by atoms with Crippen LogP contribution >= 0.6 is 0 Å². The number of nitrogens with one attached hydrogen (secondary N) is 1. The molecule has 0 heterocycles. The summed E-state index contributed by atoms with van der Waals surface area (Å²) >= 11 is 0. The first-order chi connectivity index (χ1) is 6.06. The lowest BCUT2D eigenvalue weighted by molar-refractivity contribution is -0.140. The highest BCUT2D eigenvalue weighted by Gasteiger charge is 2.35. The van der Waals surface area contributed by atoms with Crippen molar-refractivity contribution in [3.8, 4) is 0 Å². The summed E-state index contributed by atoms with van der Waals surface area (Å²) in [6, 6.07) is 0. The standard InChI is InChI=1S/C7H13NO4S/c1-12-7(9)4-5-8-13(10,11)6-2-3-6/h6,8H,2-5H2,1H3. The van der Waals surface area contributed by atoms with Gasteiger partial charge in [-0.05, 0) is 12.8 Å². The van der Waals surface area contributed by atoms with Crippen LogP contribution in [0.1, 0.15) is 19.3 Å². The summed E-state index contributed by atoms with van der Waals surface area (Å²) in [5.74, 6) is -0.404. The van der Waals surface area contributed by atoms with Gasteiger partial charge in [-0.2, -0.15) is 0 Å². The van der Waals surface area contributed by atoms with Gasteiger partial charge in [-0.25, -0.2) is 13.1 Å². The maximum atomic E-state index is 11.2. The van der Waals surface area contributed by atoms with E-state index in [2.05, 4.69) is 9.46 Å². The van der Waals surface area contributed by atoms with Gasteiger partial charge in [0.15, 0.2) is 0 Å².